The van der Waals surface area contributed by atoms with Crippen molar-refractivity contribution in [2.24, 2.45) is 7.05 Å². The molecule has 0 atom stereocenters. The first kappa shape index (κ1) is 16.8. The third-order valence-electron chi connectivity index (χ3n) is 4.54. The maximum absolute atomic E-state index is 12.5. The number of benzene rings is 3. The molecule has 27 heavy (non-hydrogen) atoms. The Morgan fingerprint density at radius 1 is 0.963 bits per heavy atom. The molecule has 134 valence electrons. The summed E-state index contributed by atoms with van der Waals surface area (Å²) in [6, 6.07) is 22.9. The Morgan fingerprint density at radius 3 is 2.41 bits per heavy atom. The number of carbonyl (C=O) groups is 1. The third-order valence-corrected chi connectivity index (χ3v) is 4.54. The number of amides is 1. The van der Waals surface area contributed by atoms with Gasteiger partial charge in [0.1, 0.15) is 11.6 Å². The van der Waals surface area contributed by atoms with E-state index in [9.17, 15) is 4.79 Å². The van der Waals surface area contributed by atoms with E-state index in [2.05, 4.69) is 9.88 Å². The van der Waals surface area contributed by atoms with Crippen LogP contribution in [-0.4, -0.2) is 22.6 Å². The maximum atomic E-state index is 12.5. The number of fused-ring (bicyclic) bond motifs is 1. The van der Waals surface area contributed by atoms with Crippen molar-refractivity contribution >= 4 is 22.6 Å². The third kappa shape index (κ3) is 3.15. The summed E-state index contributed by atoms with van der Waals surface area (Å²) in [5.41, 5.74) is 4.25. The predicted molar refractivity (Wildman–Crippen MR) is 107 cm³/mol. The van der Waals surface area contributed by atoms with Gasteiger partial charge < -0.3 is 14.6 Å². The zero-order chi connectivity index (χ0) is 18.8. The van der Waals surface area contributed by atoms with Crippen molar-refractivity contribution in [3.05, 3.63) is 78.4 Å². The first-order valence-electron chi connectivity index (χ1n) is 8.63. The van der Waals surface area contributed by atoms with E-state index in [1.54, 1.807) is 19.2 Å². The van der Waals surface area contributed by atoms with Gasteiger partial charge in [0, 0.05) is 18.3 Å². The number of carbonyl (C=O) groups excluding carboxylic acids is 1. The Balaban J connectivity index is 1.59. The van der Waals surface area contributed by atoms with Gasteiger partial charge in [0.05, 0.1) is 23.7 Å². The molecule has 0 aliphatic heterocycles. The molecule has 4 aromatic rings. The monoisotopic (exact) mass is 357 g/mol. The standard InChI is InChI=1S/C22H19N3O2/c1-25-19-9-5-4-8-18(19)24-21(25)15-11-13-16(14-12-15)23-22(26)17-7-3-6-10-20(17)27-2/h3-14H,1-2H3,(H,23,26). The number of hydrogen-bond donors (Lipinski definition) is 1. The van der Waals surface area contributed by atoms with E-state index < -0.39 is 0 Å². The van der Waals surface area contributed by atoms with Crippen molar-refractivity contribution in [1.29, 1.82) is 0 Å². The number of nitrogens with one attached hydrogen (secondary N) is 1. The lowest BCUT2D eigenvalue weighted by molar-refractivity contribution is 0.102. The molecule has 5 heteroatoms. The van der Waals surface area contributed by atoms with Crippen LogP contribution in [0, 0.1) is 0 Å². The fourth-order valence-corrected chi connectivity index (χ4v) is 3.14. The fourth-order valence-electron chi connectivity index (χ4n) is 3.14. The van der Waals surface area contributed by atoms with Crippen molar-refractivity contribution in [2.45, 2.75) is 0 Å². The van der Waals surface area contributed by atoms with Crippen LogP contribution in [0.25, 0.3) is 22.4 Å². The molecule has 0 unspecified atom stereocenters. The number of aromatic nitrogens is 2. The summed E-state index contributed by atoms with van der Waals surface area (Å²) in [4.78, 5) is 17.2. The summed E-state index contributed by atoms with van der Waals surface area (Å²) < 4.78 is 7.32. The van der Waals surface area contributed by atoms with Crippen molar-refractivity contribution in [3.63, 3.8) is 0 Å². The summed E-state index contributed by atoms with van der Waals surface area (Å²) in [6.45, 7) is 0. The molecule has 1 amide bonds. The molecule has 5 nitrogen and oxygen atoms in total. The Kier molecular flexibility index (Phi) is 4.34. The predicted octanol–water partition coefficient (Wildman–Crippen LogP) is 4.50. The largest absolute Gasteiger partial charge is 0.496 e. The summed E-state index contributed by atoms with van der Waals surface area (Å²) >= 11 is 0. The average Bonchev–Trinajstić information content (AvgIpc) is 3.05. The molecule has 3 aromatic carbocycles. The number of para-hydroxylation sites is 3. The lowest BCUT2D eigenvalue weighted by Crippen LogP contribution is -2.13. The normalized spacial score (nSPS) is 10.7. The van der Waals surface area contributed by atoms with Crippen molar-refractivity contribution in [3.8, 4) is 17.1 Å². The molecule has 1 heterocycles. The second-order valence-electron chi connectivity index (χ2n) is 6.21. The number of hydrogen-bond acceptors (Lipinski definition) is 3. The molecule has 0 aliphatic carbocycles. The van der Waals surface area contributed by atoms with E-state index in [4.69, 9.17) is 9.72 Å². The molecule has 0 radical (unpaired) electrons. The van der Waals surface area contributed by atoms with Crippen LogP contribution in [0.3, 0.4) is 0 Å². The number of rotatable bonds is 4. The fraction of sp³-hybridized carbons (Fsp3) is 0.0909. The molecule has 0 bridgehead atoms. The Labute approximate surface area is 157 Å². The van der Waals surface area contributed by atoms with E-state index in [1.807, 2.05) is 67.7 Å². The Hall–Kier alpha value is -3.60. The van der Waals surface area contributed by atoms with E-state index >= 15 is 0 Å². The molecule has 0 fully saturated rings. The zero-order valence-electron chi connectivity index (χ0n) is 15.1. The highest BCUT2D eigenvalue weighted by Crippen LogP contribution is 2.25. The van der Waals surface area contributed by atoms with E-state index in [-0.39, 0.29) is 5.91 Å². The van der Waals surface area contributed by atoms with Gasteiger partial charge in [-0.25, -0.2) is 4.98 Å². The van der Waals surface area contributed by atoms with Gasteiger partial charge in [0.2, 0.25) is 0 Å². The average molecular weight is 357 g/mol. The number of ether oxygens (including phenoxy) is 1. The van der Waals surface area contributed by atoms with Crippen LogP contribution in [0.15, 0.2) is 72.8 Å². The van der Waals surface area contributed by atoms with Gasteiger partial charge in [-0.05, 0) is 48.5 Å². The topological polar surface area (TPSA) is 56.1 Å². The first-order chi connectivity index (χ1) is 13.2. The molecular formula is C22H19N3O2. The van der Waals surface area contributed by atoms with Crippen LogP contribution in [0.4, 0.5) is 5.69 Å². The van der Waals surface area contributed by atoms with Gasteiger partial charge >= 0.3 is 0 Å². The van der Waals surface area contributed by atoms with E-state index in [0.717, 1.165) is 22.4 Å². The van der Waals surface area contributed by atoms with Crippen LogP contribution >= 0.6 is 0 Å². The summed E-state index contributed by atoms with van der Waals surface area (Å²) in [5.74, 6) is 1.23. The van der Waals surface area contributed by atoms with Crippen LogP contribution in [-0.2, 0) is 7.05 Å². The Morgan fingerprint density at radius 2 is 1.67 bits per heavy atom. The maximum Gasteiger partial charge on any atom is 0.259 e. The molecule has 1 N–H and O–H groups in total. The van der Waals surface area contributed by atoms with Gasteiger partial charge in [-0.1, -0.05) is 24.3 Å². The highest BCUT2D eigenvalue weighted by molar-refractivity contribution is 6.06. The number of aryl methyl sites for hydroxylation is 1. The lowest BCUT2D eigenvalue weighted by atomic mass is 10.1. The van der Waals surface area contributed by atoms with Gasteiger partial charge in [-0.15, -0.1) is 0 Å². The number of imidazole rings is 1. The summed E-state index contributed by atoms with van der Waals surface area (Å²) in [7, 11) is 3.56. The van der Waals surface area contributed by atoms with Crippen LogP contribution in [0.1, 0.15) is 10.4 Å². The van der Waals surface area contributed by atoms with Gasteiger partial charge in [-0.3, -0.25) is 4.79 Å². The molecule has 4 rings (SSSR count). The quantitative estimate of drug-likeness (QED) is 0.585. The van der Waals surface area contributed by atoms with Crippen molar-refractivity contribution in [2.75, 3.05) is 12.4 Å². The summed E-state index contributed by atoms with van der Waals surface area (Å²) in [6.07, 6.45) is 0. The molecule has 1 aromatic heterocycles. The number of methoxy groups -OCH3 is 1. The van der Waals surface area contributed by atoms with Gasteiger partial charge in [-0.2, -0.15) is 0 Å². The highest BCUT2D eigenvalue weighted by Gasteiger charge is 2.13. The smallest absolute Gasteiger partial charge is 0.259 e. The van der Waals surface area contributed by atoms with Crippen LogP contribution in [0.5, 0.6) is 5.75 Å². The Bertz CT molecular complexity index is 1110. The van der Waals surface area contributed by atoms with Gasteiger partial charge in [0.25, 0.3) is 5.91 Å². The van der Waals surface area contributed by atoms with E-state index in [1.165, 1.54) is 0 Å². The minimum Gasteiger partial charge on any atom is -0.496 e. The zero-order valence-corrected chi connectivity index (χ0v) is 15.1. The van der Waals surface area contributed by atoms with Crippen molar-refractivity contribution in [1.82, 2.24) is 9.55 Å². The minimum absolute atomic E-state index is 0.206. The van der Waals surface area contributed by atoms with Gasteiger partial charge in [0.15, 0.2) is 0 Å². The molecule has 0 saturated heterocycles. The number of anilines is 1. The van der Waals surface area contributed by atoms with Crippen LogP contribution in [0.2, 0.25) is 0 Å². The molecular weight excluding hydrogens is 338 g/mol. The lowest BCUT2D eigenvalue weighted by Gasteiger charge is -2.09. The number of nitrogens with zero attached hydrogens (tertiary/aromatic N) is 2. The molecule has 0 aliphatic rings. The molecule has 0 saturated carbocycles. The minimum atomic E-state index is -0.206. The highest BCUT2D eigenvalue weighted by atomic mass is 16.5. The SMILES string of the molecule is COc1ccccc1C(=O)Nc1ccc(-c2nc3ccccc3n2C)cc1. The summed E-state index contributed by atoms with van der Waals surface area (Å²) in [5, 5.41) is 2.91. The molecule has 0 spiro atoms. The second-order valence-corrected chi connectivity index (χ2v) is 6.21. The second kappa shape index (κ2) is 6.96. The first-order valence-corrected chi connectivity index (χ1v) is 8.63. The van der Waals surface area contributed by atoms with E-state index in [0.29, 0.717) is 17.0 Å². The van der Waals surface area contributed by atoms with Crippen LogP contribution < -0.4 is 10.1 Å². The van der Waals surface area contributed by atoms with Crippen molar-refractivity contribution < 1.29 is 9.53 Å².